The van der Waals surface area contributed by atoms with Gasteiger partial charge in [0.1, 0.15) is 5.58 Å². The average molecular weight is 299 g/mol. The maximum atomic E-state index is 11.9. The van der Waals surface area contributed by atoms with Gasteiger partial charge in [-0.15, -0.1) is 0 Å². The zero-order valence-corrected chi connectivity index (χ0v) is 13.7. The Morgan fingerprint density at radius 3 is 2.77 bits per heavy atom. The van der Waals surface area contributed by atoms with Crippen LogP contribution in [0.4, 0.5) is 0 Å². The fraction of sp³-hybridized carbons (Fsp3) is 0.526. The van der Waals surface area contributed by atoms with Crippen LogP contribution in [-0.2, 0) is 6.54 Å². The van der Waals surface area contributed by atoms with Crippen molar-refractivity contribution in [2.45, 2.75) is 59.0 Å². The van der Waals surface area contributed by atoms with E-state index in [9.17, 15) is 4.79 Å². The molecule has 1 saturated carbocycles. The van der Waals surface area contributed by atoms with Crippen molar-refractivity contribution < 1.29 is 4.42 Å². The largest absolute Gasteiger partial charge is 0.422 e. The maximum Gasteiger partial charge on any atom is 0.336 e. The van der Waals surface area contributed by atoms with Crippen LogP contribution in [0.2, 0.25) is 0 Å². The molecule has 2 unspecified atom stereocenters. The Labute approximate surface area is 131 Å². The SMILES string of the molecule is Cc1ccc2c(CNC3CCCCC3C)cc(=O)oc2c1C. The first-order valence-electron chi connectivity index (χ1n) is 8.32. The smallest absolute Gasteiger partial charge is 0.336 e. The Kier molecular flexibility index (Phi) is 4.34. The molecule has 22 heavy (non-hydrogen) atoms. The zero-order chi connectivity index (χ0) is 15.7. The molecule has 0 aliphatic heterocycles. The molecule has 0 radical (unpaired) electrons. The Hall–Kier alpha value is -1.61. The molecular formula is C19H25NO2. The summed E-state index contributed by atoms with van der Waals surface area (Å²) in [4.78, 5) is 11.9. The summed E-state index contributed by atoms with van der Waals surface area (Å²) in [6.45, 7) is 7.12. The van der Waals surface area contributed by atoms with Crippen molar-refractivity contribution >= 4 is 11.0 Å². The van der Waals surface area contributed by atoms with Gasteiger partial charge in [-0.05, 0) is 49.3 Å². The van der Waals surface area contributed by atoms with Gasteiger partial charge in [0, 0.05) is 24.0 Å². The molecule has 1 aliphatic carbocycles. The van der Waals surface area contributed by atoms with Gasteiger partial charge in [0.05, 0.1) is 0 Å². The fourth-order valence-corrected chi connectivity index (χ4v) is 3.53. The van der Waals surface area contributed by atoms with Crippen molar-refractivity contribution in [3.8, 4) is 0 Å². The van der Waals surface area contributed by atoms with Crippen LogP contribution in [0.25, 0.3) is 11.0 Å². The highest BCUT2D eigenvalue weighted by Crippen LogP contribution is 2.26. The lowest BCUT2D eigenvalue weighted by Gasteiger charge is -2.29. The van der Waals surface area contributed by atoms with E-state index in [1.54, 1.807) is 6.07 Å². The molecule has 3 nitrogen and oxygen atoms in total. The second-order valence-corrected chi connectivity index (χ2v) is 6.72. The highest BCUT2D eigenvalue weighted by Gasteiger charge is 2.21. The van der Waals surface area contributed by atoms with E-state index in [0.717, 1.165) is 34.2 Å². The van der Waals surface area contributed by atoms with E-state index in [1.807, 2.05) is 13.8 Å². The summed E-state index contributed by atoms with van der Waals surface area (Å²) >= 11 is 0. The van der Waals surface area contributed by atoms with Crippen LogP contribution in [0.1, 0.15) is 49.3 Å². The monoisotopic (exact) mass is 299 g/mol. The molecular weight excluding hydrogens is 274 g/mol. The lowest BCUT2D eigenvalue weighted by Crippen LogP contribution is -2.36. The molecule has 1 aromatic heterocycles. The second-order valence-electron chi connectivity index (χ2n) is 6.72. The van der Waals surface area contributed by atoms with Gasteiger partial charge in [-0.1, -0.05) is 31.9 Å². The third-order valence-corrected chi connectivity index (χ3v) is 5.18. The number of hydrogen-bond acceptors (Lipinski definition) is 3. The minimum atomic E-state index is -0.255. The van der Waals surface area contributed by atoms with Crippen LogP contribution in [-0.4, -0.2) is 6.04 Å². The van der Waals surface area contributed by atoms with Gasteiger partial charge < -0.3 is 9.73 Å². The summed E-state index contributed by atoms with van der Waals surface area (Å²) in [6.07, 6.45) is 5.18. The molecule has 0 spiro atoms. The zero-order valence-electron chi connectivity index (χ0n) is 13.7. The van der Waals surface area contributed by atoms with Crippen molar-refractivity contribution in [1.29, 1.82) is 0 Å². The molecule has 3 rings (SSSR count). The van der Waals surface area contributed by atoms with Crippen LogP contribution < -0.4 is 10.9 Å². The highest BCUT2D eigenvalue weighted by molar-refractivity contribution is 5.83. The van der Waals surface area contributed by atoms with E-state index in [4.69, 9.17) is 4.42 Å². The Morgan fingerprint density at radius 1 is 1.23 bits per heavy atom. The van der Waals surface area contributed by atoms with Crippen molar-refractivity contribution in [3.05, 3.63) is 45.3 Å². The summed E-state index contributed by atoms with van der Waals surface area (Å²) in [5, 5.41) is 4.71. The lowest BCUT2D eigenvalue weighted by atomic mass is 9.86. The van der Waals surface area contributed by atoms with Gasteiger partial charge in [-0.2, -0.15) is 0 Å². The third kappa shape index (κ3) is 2.95. The Balaban J connectivity index is 1.90. The van der Waals surface area contributed by atoms with Gasteiger partial charge >= 0.3 is 5.63 Å². The average Bonchev–Trinajstić information content (AvgIpc) is 2.50. The van der Waals surface area contributed by atoms with E-state index in [1.165, 1.54) is 25.7 Å². The molecule has 0 amide bonds. The van der Waals surface area contributed by atoms with Crippen molar-refractivity contribution in [2.24, 2.45) is 5.92 Å². The number of benzene rings is 1. The van der Waals surface area contributed by atoms with Crippen LogP contribution in [0, 0.1) is 19.8 Å². The number of hydrogen-bond donors (Lipinski definition) is 1. The Morgan fingerprint density at radius 2 is 2.00 bits per heavy atom. The van der Waals surface area contributed by atoms with Crippen molar-refractivity contribution in [3.63, 3.8) is 0 Å². The van der Waals surface area contributed by atoms with Crippen molar-refractivity contribution in [1.82, 2.24) is 5.32 Å². The van der Waals surface area contributed by atoms with Crippen LogP contribution >= 0.6 is 0 Å². The molecule has 2 atom stereocenters. The second kappa shape index (κ2) is 6.25. The van der Waals surface area contributed by atoms with Gasteiger partial charge in [0.2, 0.25) is 0 Å². The number of rotatable bonds is 3. The van der Waals surface area contributed by atoms with Gasteiger partial charge in [-0.25, -0.2) is 4.79 Å². The lowest BCUT2D eigenvalue weighted by molar-refractivity contribution is 0.279. The van der Waals surface area contributed by atoms with E-state index in [-0.39, 0.29) is 5.63 Å². The quantitative estimate of drug-likeness (QED) is 0.868. The Bertz CT molecular complexity index is 732. The molecule has 1 aromatic carbocycles. The topological polar surface area (TPSA) is 42.2 Å². The molecule has 3 heteroatoms. The van der Waals surface area contributed by atoms with Gasteiger partial charge in [-0.3, -0.25) is 0 Å². The van der Waals surface area contributed by atoms with Crippen LogP contribution in [0.3, 0.4) is 0 Å². The summed E-state index contributed by atoms with van der Waals surface area (Å²) in [5.74, 6) is 0.712. The molecule has 1 N–H and O–H groups in total. The first-order chi connectivity index (χ1) is 10.6. The van der Waals surface area contributed by atoms with Gasteiger partial charge in [0.15, 0.2) is 0 Å². The minimum absolute atomic E-state index is 0.255. The summed E-state index contributed by atoms with van der Waals surface area (Å²) < 4.78 is 5.44. The normalized spacial score (nSPS) is 22.1. The summed E-state index contributed by atoms with van der Waals surface area (Å²) in [7, 11) is 0. The molecule has 1 aliphatic rings. The van der Waals surface area contributed by atoms with Crippen LogP contribution in [0.5, 0.6) is 0 Å². The number of fused-ring (bicyclic) bond motifs is 1. The molecule has 2 aromatic rings. The van der Waals surface area contributed by atoms with E-state index in [0.29, 0.717) is 12.0 Å². The maximum absolute atomic E-state index is 11.9. The number of aryl methyl sites for hydroxylation is 2. The molecule has 0 saturated heterocycles. The molecule has 1 heterocycles. The third-order valence-electron chi connectivity index (χ3n) is 5.18. The first-order valence-corrected chi connectivity index (χ1v) is 8.32. The van der Waals surface area contributed by atoms with Gasteiger partial charge in [0.25, 0.3) is 0 Å². The molecule has 0 bridgehead atoms. The highest BCUT2D eigenvalue weighted by atomic mass is 16.4. The molecule has 118 valence electrons. The van der Waals surface area contributed by atoms with E-state index >= 15 is 0 Å². The van der Waals surface area contributed by atoms with E-state index < -0.39 is 0 Å². The predicted octanol–water partition coefficient (Wildman–Crippen LogP) is 4.08. The summed E-state index contributed by atoms with van der Waals surface area (Å²) in [5.41, 5.74) is 3.74. The number of nitrogens with one attached hydrogen (secondary N) is 1. The first kappa shape index (κ1) is 15.3. The fourth-order valence-electron chi connectivity index (χ4n) is 3.53. The summed E-state index contributed by atoms with van der Waals surface area (Å²) in [6, 6.07) is 6.37. The molecule has 1 fully saturated rings. The predicted molar refractivity (Wildman–Crippen MR) is 90.2 cm³/mol. The minimum Gasteiger partial charge on any atom is -0.422 e. The van der Waals surface area contributed by atoms with Crippen molar-refractivity contribution in [2.75, 3.05) is 0 Å². The van der Waals surface area contributed by atoms with Crippen LogP contribution in [0.15, 0.2) is 27.4 Å². The standard InChI is InChI=1S/C19H25NO2/c1-12-8-9-16-15(10-18(21)22-19(16)14(12)3)11-20-17-7-5-4-6-13(17)2/h8-10,13,17,20H,4-7,11H2,1-3H3. The van der Waals surface area contributed by atoms with E-state index in [2.05, 4.69) is 24.4 Å².